The van der Waals surface area contributed by atoms with E-state index in [0.717, 1.165) is 37.6 Å². The van der Waals surface area contributed by atoms with Gasteiger partial charge in [-0.25, -0.2) is 9.97 Å². The summed E-state index contributed by atoms with van der Waals surface area (Å²) in [4.78, 5) is 11.5. The molecule has 0 fully saturated rings. The lowest BCUT2D eigenvalue weighted by atomic mass is 9.88. The summed E-state index contributed by atoms with van der Waals surface area (Å²) < 4.78 is 12.9. The number of rotatable bonds is 7. The highest BCUT2D eigenvalue weighted by Gasteiger charge is 2.29. The minimum atomic E-state index is 0.222. The van der Waals surface area contributed by atoms with Gasteiger partial charge in [-0.15, -0.1) is 0 Å². The molecule has 1 aliphatic rings. The summed E-state index contributed by atoms with van der Waals surface area (Å²) in [6.45, 7) is 4.08. The predicted octanol–water partition coefficient (Wildman–Crippen LogP) is 3.08. The van der Waals surface area contributed by atoms with Crippen molar-refractivity contribution < 1.29 is 9.47 Å². The van der Waals surface area contributed by atoms with Crippen LogP contribution in [0.15, 0.2) is 55.0 Å². The van der Waals surface area contributed by atoms with Crippen LogP contribution in [0.5, 0.6) is 5.88 Å². The average molecular weight is 378 g/mol. The van der Waals surface area contributed by atoms with E-state index in [0.29, 0.717) is 12.5 Å². The van der Waals surface area contributed by atoms with E-state index in [1.54, 1.807) is 20.4 Å². The van der Waals surface area contributed by atoms with Gasteiger partial charge in [0.15, 0.2) is 0 Å². The van der Waals surface area contributed by atoms with Crippen molar-refractivity contribution in [3.05, 3.63) is 77.5 Å². The Morgan fingerprint density at radius 1 is 1.07 bits per heavy atom. The largest absolute Gasteiger partial charge is 0.481 e. The van der Waals surface area contributed by atoms with Crippen LogP contribution < -0.4 is 4.74 Å². The monoisotopic (exact) mass is 378 g/mol. The summed E-state index contributed by atoms with van der Waals surface area (Å²) in [6, 6.07) is 12.7. The first-order valence-electron chi connectivity index (χ1n) is 9.58. The van der Waals surface area contributed by atoms with Gasteiger partial charge >= 0.3 is 0 Å². The maximum atomic E-state index is 5.45. The maximum absolute atomic E-state index is 5.45. The number of methoxy groups -OCH3 is 2. The Morgan fingerprint density at radius 2 is 1.96 bits per heavy atom. The smallest absolute Gasteiger partial charge is 0.217 e. The Kier molecular flexibility index (Phi) is 5.69. The fourth-order valence-corrected chi connectivity index (χ4v) is 4.00. The molecule has 1 aromatic carbocycles. The van der Waals surface area contributed by atoms with Crippen LogP contribution in [0, 0.1) is 0 Å². The topological polar surface area (TPSA) is 52.4 Å². The predicted molar refractivity (Wildman–Crippen MR) is 107 cm³/mol. The molecule has 0 radical (unpaired) electrons. The van der Waals surface area contributed by atoms with E-state index < -0.39 is 0 Å². The quantitative estimate of drug-likeness (QED) is 0.632. The van der Waals surface area contributed by atoms with Crippen LogP contribution in [0.25, 0.3) is 0 Å². The first-order chi connectivity index (χ1) is 13.8. The molecule has 6 nitrogen and oxygen atoms in total. The van der Waals surface area contributed by atoms with Crippen LogP contribution in [0.3, 0.4) is 0 Å². The van der Waals surface area contributed by atoms with Crippen LogP contribution in [-0.4, -0.2) is 46.8 Å². The fraction of sp³-hybridized carbons (Fsp3) is 0.364. The number of hydrogen-bond donors (Lipinski definition) is 0. The summed E-state index contributed by atoms with van der Waals surface area (Å²) in [5.74, 6) is 2.01. The lowest BCUT2D eigenvalue weighted by molar-refractivity contribution is 0.184. The van der Waals surface area contributed by atoms with Gasteiger partial charge in [0.25, 0.3) is 0 Å². The minimum absolute atomic E-state index is 0.222. The van der Waals surface area contributed by atoms with Gasteiger partial charge in [-0.05, 0) is 17.2 Å². The number of pyridine rings is 1. The lowest BCUT2D eigenvalue weighted by Crippen LogP contribution is -2.35. The molecule has 28 heavy (non-hydrogen) atoms. The van der Waals surface area contributed by atoms with Gasteiger partial charge in [0.1, 0.15) is 5.82 Å². The van der Waals surface area contributed by atoms with E-state index in [1.165, 1.54) is 11.1 Å². The van der Waals surface area contributed by atoms with E-state index in [4.69, 9.17) is 14.5 Å². The first-order valence-corrected chi connectivity index (χ1v) is 9.58. The highest BCUT2D eigenvalue weighted by molar-refractivity contribution is 5.37. The SMILES string of the molecule is COCCn1ccnc1[C@@H]1CN(Cc2cccnc2OC)Cc2ccccc21. The zero-order chi connectivity index (χ0) is 19.3. The van der Waals surface area contributed by atoms with E-state index in [-0.39, 0.29) is 5.92 Å². The van der Waals surface area contributed by atoms with Gasteiger partial charge in [-0.3, -0.25) is 4.90 Å². The summed E-state index contributed by atoms with van der Waals surface area (Å²) in [7, 11) is 3.41. The second kappa shape index (κ2) is 8.54. The zero-order valence-electron chi connectivity index (χ0n) is 16.4. The van der Waals surface area contributed by atoms with Gasteiger partial charge < -0.3 is 14.0 Å². The van der Waals surface area contributed by atoms with Crippen molar-refractivity contribution in [2.45, 2.75) is 25.6 Å². The van der Waals surface area contributed by atoms with Gasteiger partial charge in [0, 0.05) is 57.4 Å². The molecule has 3 aromatic rings. The van der Waals surface area contributed by atoms with Crippen LogP contribution in [0.1, 0.15) is 28.4 Å². The molecule has 0 unspecified atom stereocenters. The van der Waals surface area contributed by atoms with E-state index in [9.17, 15) is 0 Å². The number of benzene rings is 1. The lowest BCUT2D eigenvalue weighted by Gasteiger charge is -2.34. The van der Waals surface area contributed by atoms with E-state index >= 15 is 0 Å². The highest BCUT2D eigenvalue weighted by Crippen LogP contribution is 2.34. The number of fused-ring (bicyclic) bond motifs is 1. The first kappa shape index (κ1) is 18.7. The van der Waals surface area contributed by atoms with Crippen LogP contribution in [0.4, 0.5) is 0 Å². The molecule has 1 atom stereocenters. The van der Waals surface area contributed by atoms with Gasteiger partial charge in [0.05, 0.1) is 19.6 Å². The van der Waals surface area contributed by atoms with Crippen molar-refractivity contribution >= 4 is 0 Å². The molecule has 0 amide bonds. The molecule has 2 aromatic heterocycles. The van der Waals surface area contributed by atoms with Gasteiger partial charge in [0.2, 0.25) is 5.88 Å². The van der Waals surface area contributed by atoms with Gasteiger partial charge in [-0.1, -0.05) is 30.3 Å². The normalized spacial score (nSPS) is 16.7. The Balaban J connectivity index is 1.64. The van der Waals surface area contributed by atoms with Crippen LogP contribution >= 0.6 is 0 Å². The highest BCUT2D eigenvalue weighted by atomic mass is 16.5. The van der Waals surface area contributed by atoms with Crippen molar-refractivity contribution in [3.8, 4) is 5.88 Å². The Hall–Kier alpha value is -2.70. The number of aromatic nitrogens is 3. The molecule has 3 heterocycles. The van der Waals surface area contributed by atoms with Crippen molar-refractivity contribution in [1.82, 2.24) is 19.4 Å². The van der Waals surface area contributed by atoms with Crippen molar-refractivity contribution in [2.24, 2.45) is 0 Å². The minimum Gasteiger partial charge on any atom is -0.481 e. The molecule has 6 heteroatoms. The molecule has 1 aliphatic heterocycles. The van der Waals surface area contributed by atoms with Crippen molar-refractivity contribution in [1.29, 1.82) is 0 Å². The molecule has 0 bridgehead atoms. The molecule has 146 valence electrons. The molecular weight excluding hydrogens is 352 g/mol. The third-order valence-corrected chi connectivity index (χ3v) is 5.30. The molecule has 0 aliphatic carbocycles. The van der Waals surface area contributed by atoms with E-state index in [2.05, 4.69) is 44.8 Å². The zero-order valence-corrected chi connectivity index (χ0v) is 16.4. The second-order valence-electron chi connectivity index (χ2n) is 7.06. The Bertz CT molecular complexity index is 924. The number of hydrogen-bond acceptors (Lipinski definition) is 5. The van der Waals surface area contributed by atoms with E-state index in [1.807, 2.05) is 18.5 Å². The molecule has 0 spiro atoms. The average Bonchev–Trinajstić information content (AvgIpc) is 3.20. The number of ether oxygens (including phenoxy) is 2. The van der Waals surface area contributed by atoms with Crippen LogP contribution in [-0.2, 0) is 24.4 Å². The maximum Gasteiger partial charge on any atom is 0.217 e. The van der Waals surface area contributed by atoms with Crippen molar-refractivity contribution in [3.63, 3.8) is 0 Å². The summed E-state index contributed by atoms with van der Waals surface area (Å²) in [6.07, 6.45) is 5.69. The summed E-state index contributed by atoms with van der Waals surface area (Å²) >= 11 is 0. The standard InChI is InChI=1S/C22H26N4O2/c1-27-13-12-26-11-10-23-21(26)20-16-25(14-17-6-3-4-8-19(17)20)15-18-7-5-9-24-22(18)28-2/h3-11,20H,12-16H2,1-2H3/t20-/m1/s1. The van der Waals surface area contributed by atoms with Gasteiger partial charge in [-0.2, -0.15) is 0 Å². The van der Waals surface area contributed by atoms with Crippen LogP contribution in [0.2, 0.25) is 0 Å². The molecule has 0 saturated carbocycles. The Morgan fingerprint density at radius 3 is 2.82 bits per heavy atom. The number of imidazole rings is 1. The van der Waals surface area contributed by atoms with Crippen molar-refractivity contribution in [2.75, 3.05) is 27.4 Å². The number of nitrogens with zero attached hydrogens (tertiary/aromatic N) is 4. The molecule has 0 saturated heterocycles. The fourth-order valence-electron chi connectivity index (χ4n) is 4.00. The summed E-state index contributed by atoms with van der Waals surface area (Å²) in [5.41, 5.74) is 3.82. The third-order valence-electron chi connectivity index (χ3n) is 5.30. The third kappa shape index (κ3) is 3.79. The second-order valence-corrected chi connectivity index (χ2v) is 7.06. The molecular formula is C22H26N4O2. The Labute approximate surface area is 165 Å². The summed E-state index contributed by atoms with van der Waals surface area (Å²) in [5, 5.41) is 0. The molecule has 0 N–H and O–H groups in total. The molecule has 4 rings (SSSR count).